The van der Waals surface area contributed by atoms with Crippen molar-refractivity contribution in [1.29, 1.82) is 0 Å². The molecule has 0 spiro atoms. The number of aldehydes is 1. The van der Waals surface area contributed by atoms with E-state index in [1.165, 1.54) is 7.05 Å². The van der Waals surface area contributed by atoms with Gasteiger partial charge in [-0.25, -0.2) is 9.59 Å². The van der Waals surface area contributed by atoms with Gasteiger partial charge in [-0.3, -0.25) is 14.4 Å². The molecule has 10 nitrogen and oxygen atoms in total. The lowest BCUT2D eigenvalue weighted by atomic mass is 10.3. The number of hydrogen-bond donors (Lipinski definition) is 0. The first-order chi connectivity index (χ1) is 10.8. The molecule has 0 bridgehead atoms. The second-order valence-corrected chi connectivity index (χ2v) is 4.60. The molecule has 0 unspecified atom stereocenters. The third-order valence-corrected chi connectivity index (χ3v) is 2.80. The van der Waals surface area contributed by atoms with Crippen molar-refractivity contribution in [2.45, 2.75) is 38.5 Å². The predicted octanol–water partition coefficient (Wildman–Crippen LogP) is -0.730. The summed E-state index contributed by atoms with van der Waals surface area (Å²) in [6.07, 6.45) is -0.416. The van der Waals surface area contributed by atoms with Gasteiger partial charge in [0.1, 0.15) is 6.29 Å². The van der Waals surface area contributed by atoms with E-state index in [2.05, 4.69) is 9.68 Å². The van der Waals surface area contributed by atoms with Gasteiger partial charge in [0.25, 0.3) is 17.7 Å². The first-order valence-corrected chi connectivity index (χ1v) is 6.82. The molecule has 0 aromatic rings. The molecule has 10 heteroatoms. The fourth-order valence-corrected chi connectivity index (χ4v) is 1.60. The average molecular weight is 328 g/mol. The summed E-state index contributed by atoms with van der Waals surface area (Å²) in [6.45, 7) is 0. The van der Waals surface area contributed by atoms with Gasteiger partial charge in [-0.1, -0.05) is 0 Å². The number of hydroxylamine groups is 4. The third-order valence-electron chi connectivity index (χ3n) is 2.80. The topological polar surface area (TPSA) is 127 Å². The summed E-state index contributed by atoms with van der Waals surface area (Å²) in [6, 6.07) is 0. The largest absolute Gasteiger partial charge is 0.338 e. The maximum atomic E-state index is 11.5. The van der Waals surface area contributed by atoms with Crippen LogP contribution in [0.2, 0.25) is 0 Å². The number of imide groups is 1. The molecule has 1 aliphatic rings. The van der Waals surface area contributed by atoms with Crippen LogP contribution in [0.5, 0.6) is 0 Å². The molecule has 1 fully saturated rings. The van der Waals surface area contributed by atoms with Gasteiger partial charge in [0, 0.05) is 32.7 Å². The smallest absolute Gasteiger partial charge is 0.333 e. The van der Waals surface area contributed by atoms with Crippen LogP contribution in [0.1, 0.15) is 38.5 Å². The number of carbonyl (C=O) groups is 6. The van der Waals surface area contributed by atoms with Gasteiger partial charge in [0.2, 0.25) is 0 Å². The lowest BCUT2D eigenvalue weighted by Crippen LogP contribution is -2.33. The minimum atomic E-state index is -0.944. The number of rotatable bonds is 7. The Bertz CT molecular complexity index is 514. The van der Waals surface area contributed by atoms with Crippen molar-refractivity contribution in [3.63, 3.8) is 0 Å². The van der Waals surface area contributed by atoms with E-state index in [1.54, 1.807) is 0 Å². The van der Waals surface area contributed by atoms with E-state index in [4.69, 9.17) is 0 Å². The molecule has 0 aromatic carbocycles. The van der Waals surface area contributed by atoms with E-state index < -0.39 is 42.5 Å². The van der Waals surface area contributed by atoms with Gasteiger partial charge in [0.05, 0.1) is 12.8 Å². The van der Waals surface area contributed by atoms with Gasteiger partial charge < -0.3 is 14.5 Å². The van der Waals surface area contributed by atoms with E-state index in [-0.39, 0.29) is 25.7 Å². The fourth-order valence-electron chi connectivity index (χ4n) is 1.60. The predicted molar refractivity (Wildman–Crippen MR) is 70.6 cm³/mol. The van der Waals surface area contributed by atoms with Crippen molar-refractivity contribution >= 4 is 35.9 Å². The van der Waals surface area contributed by atoms with Crippen molar-refractivity contribution in [3.8, 4) is 0 Å². The molecule has 0 atom stereocenters. The zero-order chi connectivity index (χ0) is 17.4. The standard InChI is InChI=1S/C13H16N2O8/c1-14(9(17)3-2-8-16)22-12(20)6-7-13(21)23-15-10(18)4-5-11(15)19/h8H,2-7H2,1H3. The number of amides is 3. The fraction of sp³-hybridized carbons (Fsp3) is 0.538. The van der Waals surface area contributed by atoms with E-state index in [1.807, 2.05) is 0 Å². The second-order valence-electron chi connectivity index (χ2n) is 4.60. The summed E-state index contributed by atoms with van der Waals surface area (Å²) in [5.41, 5.74) is 0. The molecule has 126 valence electrons. The van der Waals surface area contributed by atoms with Crippen molar-refractivity contribution in [3.05, 3.63) is 0 Å². The highest BCUT2D eigenvalue weighted by molar-refractivity contribution is 6.01. The Hall–Kier alpha value is -2.78. The number of carbonyl (C=O) groups excluding carboxylic acids is 6. The van der Waals surface area contributed by atoms with Crippen molar-refractivity contribution in [1.82, 2.24) is 10.1 Å². The molecule has 23 heavy (non-hydrogen) atoms. The van der Waals surface area contributed by atoms with Crippen LogP contribution in [0.3, 0.4) is 0 Å². The Morgan fingerprint density at radius 2 is 1.65 bits per heavy atom. The van der Waals surface area contributed by atoms with Gasteiger partial charge >= 0.3 is 11.9 Å². The molecule has 3 amide bonds. The monoisotopic (exact) mass is 328 g/mol. The zero-order valence-corrected chi connectivity index (χ0v) is 12.5. The molecule has 1 saturated heterocycles. The van der Waals surface area contributed by atoms with Crippen LogP contribution in [0.25, 0.3) is 0 Å². The van der Waals surface area contributed by atoms with Crippen LogP contribution in [-0.4, -0.2) is 53.1 Å². The molecule has 0 aromatic heterocycles. The Morgan fingerprint density at radius 1 is 1.09 bits per heavy atom. The Balaban J connectivity index is 2.31. The Kier molecular flexibility index (Phi) is 6.84. The van der Waals surface area contributed by atoms with Crippen molar-refractivity contribution in [2.75, 3.05) is 7.05 Å². The van der Waals surface area contributed by atoms with Gasteiger partial charge in [-0.2, -0.15) is 5.06 Å². The maximum Gasteiger partial charge on any atom is 0.333 e. The SMILES string of the molecule is CN(OC(=O)CCC(=O)ON1C(=O)CCC1=O)C(=O)CCC=O. The summed E-state index contributed by atoms with van der Waals surface area (Å²) in [4.78, 5) is 76.1. The highest BCUT2D eigenvalue weighted by atomic mass is 16.7. The van der Waals surface area contributed by atoms with Crippen molar-refractivity contribution < 1.29 is 38.4 Å². The molecular formula is C13H16N2O8. The summed E-state index contributed by atoms with van der Waals surface area (Å²) >= 11 is 0. The van der Waals surface area contributed by atoms with E-state index in [9.17, 15) is 28.8 Å². The maximum absolute atomic E-state index is 11.5. The molecule has 1 heterocycles. The van der Waals surface area contributed by atoms with Gasteiger partial charge in [-0.05, 0) is 0 Å². The van der Waals surface area contributed by atoms with Crippen LogP contribution >= 0.6 is 0 Å². The summed E-state index contributed by atoms with van der Waals surface area (Å²) in [5.74, 6) is -3.62. The average Bonchev–Trinajstić information content (AvgIpc) is 2.82. The molecular weight excluding hydrogens is 312 g/mol. The first kappa shape index (κ1) is 18.3. The second kappa shape index (κ2) is 8.61. The third kappa shape index (κ3) is 5.85. The van der Waals surface area contributed by atoms with E-state index >= 15 is 0 Å². The van der Waals surface area contributed by atoms with Gasteiger partial charge in [-0.15, -0.1) is 5.06 Å². The Morgan fingerprint density at radius 3 is 2.22 bits per heavy atom. The van der Waals surface area contributed by atoms with Crippen LogP contribution in [0.15, 0.2) is 0 Å². The van der Waals surface area contributed by atoms with Crippen LogP contribution in [0, 0.1) is 0 Å². The minimum Gasteiger partial charge on any atom is -0.338 e. The highest BCUT2D eigenvalue weighted by Gasteiger charge is 2.32. The molecule has 0 radical (unpaired) electrons. The van der Waals surface area contributed by atoms with E-state index in [0.717, 1.165) is 0 Å². The van der Waals surface area contributed by atoms with Crippen molar-refractivity contribution in [2.24, 2.45) is 0 Å². The zero-order valence-electron chi connectivity index (χ0n) is 12.5. The summed E-state index contributed by atoms with van der Waals surface area (Å²) in [5, 5.41) is 1.05. The summed E-state index contributed by atoms with van der Waals surface area (Å²) in [7, 11) is 1.20. The lowest BCUT2D eigenvalue weighted by Gasteiger charge is -2.16. The van der Waals surface area contributed by atoms with E-state index in [0.29, 0.717) is 16.4 Å². The molecule has 0 aliphatic carbocycles. The lowest BCUT2D eigenvalue weighted by molar-refractivity contribution is -0.200. The first-order valence-electron chi connectivity index (χ1n) is 6.82. The summed E-state index contributed by atoms with van der Waals surface area (Å²) < 4.78 is 0. The number of hydrogen-bond acceptors (Lipinski definition) is 8. The molecule has 0 N–H and O–H groups in total. The quantitative estimate of drug-likeness (QED) is 0.340. The molecule has 1 aliphatic heterocycles. The van der Waals surface area contributed by atoms with Gasteiger partial charge in [0.15, 0.2) is 0 Å². The van der Waals surface area contributed by atoms with Crippen LogP contribution < -0.4 is 0 Å². The van der Waals surface area contributed by atoms with Crippen LogP contribution in [0.4, 0.5) is 0 Å². The normalized spacial score (nSPS) is 13.7. The highest BCUT2D eigenvalue weighted by Crippen LogP contribution is 2.13. The number of nitrogens with zero attached hydrogens (tertiary/aromatic N) is 2. The Labute approximate surface area is 131 Å². The molecule has 1 rings (SSSR count). The minimum absolute atomic E-state index is 0.00490. The molecule has 0 saturated carbocycles. The van der Waals surface area contributed by atoms with Crippen LogP contribution in [-0.2, 0) is 38.4 Å².